The van der Waals surface area contributed by atoms with E-state index in [2.05, 4.69) is 67.5 Å². The van der Waals surface area contributed by atoms with Gasteiger partial charge in [0.25, 0.3) is 0 Å². The molecule has 4 nitrogen and oxygen atoms in total. The lowest BCUT2D eigenvalue weighted by Gasteiger charge is -2.33. The maximum atomic E-state index is 13.3. The van der Waals surface area contributed by atoms with Crippen molar-refractivity contribution < 1.29 is 4.79 Å². The van der Waals surface area contributed by atoms with Gasteiger partial charge in [0.05, 0.1) is 11.0 Å². The van der Waals surface area contributed by atoms with E-state index in [1.165, 1.54) is 17.5 Å². The lowest BCUT2D eigenvalue weighted by atomic mass is 9.96. The van der Waals surface area contributed by atoms with Gasteiger partial charge in [-0.05, 0) is 61.8 Å². The van der Waals surface area contributed by atoms with Crippen LogP contribution < -0.4 is 0 Å². The number of imidazole rings is 1. The largest absolute Gasteiger partial charge is 0.338 e. The SMILES string of the molecule is CC(C)Cc1ccc(C(C)c2nc3ccccc3n2CC(=O)N2CCCCC2C)cc1. The van der Waals surface area contributed by atoms with Crippen LogP contribution in [-0.2, 0) is 17.8 Å². The number of rotatable bonds is 6. The Morgan fingerprint density at radius 1 is 1.06 bits per heavy atom. The van der Waals surface area contributed by atoms with Gasteiger partial charge < -0.3 is 9.47 Å². The minimum absolute atomic E-state index is 0.118. The first-order valence-corrected chi connectivity index (χ1v) is 11.8. The van der Waals surface area contributed by atoms with Crippen molar-refractivity contribution in [3.05, 3.63) is 65.5 Å². The zero-order chi connectivity index (χ0) is 22.0. The number of amides is 1. The highest BCUT2D eigenvalue weighted by atomic mass is 16.2. The first-order chi connectivity index (χ1) is 14.9. The number of aromatic nitrogens is 2. The number of hydrogen-bond donors (Lipinski definition) is 0. The third-order valence-corrected chi connectivity index (χ3v) is 6.61. The second kappa shape index (κ2) is 9.25. The predicted octanol–water partition coefficient (Wildman–Crippen LogP) is 5.79. The Morgan fingerprint density at radius 3 is 2.52 bits per heavy atom. The molecule has 2 heterocycles. The van der Waals surface area contributed by atoms with E-state index in [1.54, 1.807) is 0 Å². The van der Waals surface area contributed by atoms with Crippen LogP contribution >= 0.6 is 0 Å². The fourth-order valence-corrected chi connectivity index (χ4v) is 4.85. The van der Waals surface area contributed by atoms with Gasteiger partial charge >= 0.3 is 0 Å². The Morgan fingerprint density at radius 2 is 1.81 bits per heavy atom. The van der Waals surface area contributed by atoms with Crippen molar-refractivity contribution >= 4 is 16.9 Å². The van der Waals surface area contributed by atoms with Crippen LogP contribution in [0.25, 0.3) is 11.0 Å². The number of piperidine rings is 1. The van der Waals surface area contributed by atoms with Gasteiger partial charge in [-0.1, -0.05) is 57.2 Å². The molecule has 1 aliphatic rings. The minimum Gasteiger partial charge on any atom is -0.338 e. The van der Waals surface area contributed by atoms with Crippen molar-refractivity contribution in [1.82, 2.24) is 14.5 Å². The Labute approximate surface area is 186 Å². The summed E-state index contributed by atoms with van der Waals surface area (Å²) < 4.78 is 2.14. The van der Waals surface area contributed by atoms with Gasteiger partial charge in [-0.25, -0.2) is 4.98 Å². The van der Waals surface area contributed by atoms with Crippen LogP contribution in [-0.4, -0.2) is 32.9 Å². The first-order valence-electron chi connectivity index (χ1n) is 11.8. The molecule has 1 aliphatic heterocycles. The molecule has 1 aromatic heterocycles. The quantitative estimate of drug-likeness (QED) is 0.509. The number of carbonyl (C=O) groups is 1. The highest BCUT2D eigenvalue weighted by Gasteiger charge is 2.26. The van der Waals surface area contributed by atoms with Crippen molar-refractivity contribution in [2.45, 2.75) is 71.9 Å². The number of hydrogen-bond acceptors (Lipinski definition) is 2. The van der Waals surface area contributed by atoms with Crippen molar-refractivity contribution in [1.29, 1.82) is 0 Å². The van der Waals surface area contributed by atoms with Crippen LogP contribution in [0.15, 0.2) is 48.5 Å². The van der Waals surface area contributed by atoms with Crippen molar-refractivity contribution in [2.24, 2.45) is 5.92 Å². The van der Waals surface area contributed by atoms with Gasteiger partial charge in [0.15, 0.2) is 0 Å². The monoisotopic (exact) mass is 417 g/mol. The fraction of sp³-hybridized carbons (Fsp3) is 0.481. The number of likely N-dealkylation sites (tertiary alicyclic amines) is 1. The third kappa shape index (κ3) is 4.68. The van der Waals surface area contributed by atoms with E-state index in [4.69, 9.17) is 4.98 Å². The minimum atomic E-state index is 0.118. The normalized spacial score (nSPS) is 18.0. The Kier molecular flexibility index (Phi) is 6.45. The molecule has 164 valence electrons. The van der Waals surface area contributed by atoms with Crippen LogP contribution in [0.1, 0.15) is 69.8 Å². The Bertz CT molecular complexity index is 1030. The molecule has 0 aliphatic carbocycles. The highest BCUT2D eigenvalue weighted by Crippen LogP contribution is 2.28. The topological polar surface area (TPSA) is 38.1 Å². The number of benzene rings is 2. The molecule has 4 heteroatoms. The summed E-state index contributed by atoms with van der Waals surface area (Å²) in [4.78, 5) is 20.3. The van der Waals surface area contributed by atoms with Gasteiger partial charge in [0, 0.05) is 18.5 Å². The van der Waals surface area contributed by atoms with Gasteiger partial charge in [-0.2, -0.15) is 0 Å². The molecule has 1 saturated heterocycles. The Balaban J connectivity index is 1.65. The van der Waals surface area contributed by atoms with E-state index < -0.39 is 0 Å². The summed E-state index contributed by atoms with van der Waals surface area (Å²) in [6, 6.07) is 17.4. The maximum absolute atomic E-state index is 13.3. The highest BCUT2D eigenvalue weighted by molar-refractivity contribution is 5.81. The van der Waals surface area contributed by atoms with E-state index in [1.807, 2.05) is 18.2 Å². The molecule has 0 N–H and O–H groups in total. The van der Waals surface area contributed by atoms with Crippen LogP contribution in [0.4, 0.5) is 0 Å². The number of fused-ring (bicyclic) bond motifs is 1. The summed E-state index contributed by atoms with van der Waals surface area (Å²) in [5.74, 6) is 1.94. The summed E-state index contributed by atoms with van der Waals surface area (Å²) in [6.45, 7) is 10.1. The van der Waals surface area contributed by atoms with Gasteiger partial charge in [-0.3, -0.25) is 4.79 Å². The molecule has 0 saturated carbocycles. The molecule has 2 atom stereocenters. The molecular weight excluding hydrogens is 382 g/mol. The first kappa shape index (κ1) is 21.6. The average Bonchev–Trinajstić information content (AvgIpc) is 3.12. The van der Waals surface area contributed by atoms with Crippen LogP contribution in [0.2, 0.25) is 0 Å². The van der Waals surface area contributed by atoms with Crippen LogP contribution in [0, 0.1) is 5.92 Å². The molecule has 3 aromatic rings. The van der Waals surface area contributed by atoms with Crippen molar-refractivity contribution in [3.8, 4) is 0 Å². The van der Waals surface area contributed by atoms with E-state index >= 15 is 0 Å². The van der Waals surface area contributed by atoms with Gasteiger partial charge in [0.1, 0.15) is 12.4 Å². The molecule has 4 rings (SSSR count). The smallest absolute Gasteiger partial charge is 0.242 e. The zero-order valence-electron chi connectivity index (χ0n) is 19.3. The molecule has 2 unspecified atom stereocenters. The van der Waals surface area contributed by atoms with Gasteiger partial charge in [-0.15, -0.1) is 0 Å². The van der Waals surface area contributed by atoms with E-state index in [0.717, 1.165) is 42.7 Å². The number of para-hydroxylation sites is 2. The summed E-state index contributed by atoms with van der Waals surface area (Å²) >= 11 is 0. The molecular formula is C27H35N3O. The summed E-state index contributed by atoms with van der Waals surface area (Å²) in [5, 5.41) is 0. The number of nitrogens with zero attached hydrogens (tertiary/aromatic N) is 3. The van der Waals surface area contributed by atoms with Crippen molar-refractivity contribution in [3.63, 3.8) is 0 Å². The van der Waals surface area contributed by atoms with Crippen LogP contribution in [0.5, 0.6) is 0 Å². The van der Waals surface area contributed by atoms with Crippen molar-refractivity contribution in [2.75, 3.05) is 6.54 Å². The fourth-order valence-electron chi connectivity index (χ4n) is 4.85. The van der Waals surface area contributed by atoms with E-state index in [-0.39, 0.29) is 11.8 Å². The summed E-state index contributed by atoms with van der Waals surface area (Å²) in [6.07, 6.45) is 4.51. The Hall–Kier alpha value is -2.62. The molecule has 31 heavy (non-hydrogen) atoms. The van der Waals surface area contributed by atoms with Gasteiger partial charge in [0.2, 0.25) is 5.91 Å². The molecule has 0 radical (unpaired) electrons. The van der Waals surface area contributed by atoms with E-state index in [9.17, 15) is 4.79 Å². The third-order valence-electron chi connectivity index (χ3n) is 6.61. The maximum Gasteiger partial charge on any atom is 0.242 e. The molecule has 0 spiro atoms. The summed E-state index contributed by atoms with van der Waals surface area (Å²) in [7, 11) is 0. The second-order valence-electron chi connectivity index (χ2n) is 9.54. The lowest BCUT2D eigenvalue weighted by molar-refractivity contribution is -0.135. The average molecular weight is 418 g/mol. The summed E-state index contributed by atoms with van der Waals surface area (Å²) in [5.41, 5.74) is 4.61. The molecule has 1 fully saturated rings. The second-order valence-corrected chi connectivity index (χ2v) is 9.54. The molecule has 0 bridgehead atoms. The number of carbonyl (C=O) groups excluding carboxylic acids is 1. The molecule has 1 amide bonds. The van der Waals surface area contributed by atoms with E-state index in [0.29, 0.717) is 18.5 Å². The standard InChI is InChI=1S/C27H35N3O/c1-19(2)17-22-12-14-23(15-13-22)21(4)27-28-24-10-5-6-11-25(24)30(27)18-26(31)29-16-8-7-9-20(29)3/h5-6,10-15,19-21H,7-9,16-18H2,1-4H3. The lowest BCUT2D eigenvalue weighted by Crippen LogP contribution is -2.43. The predicted molar refractivity (Wildman–Crippen MR) is 127 cm³/mol. The zero-order valence-corrected chi connectivity index (χ0v) is 19.3. The van der Waals surface area contributed by atoms with Crippen LogP contribution in [0.3, 0.4) is 0 Å². The molecule has 2 aromatic carbocycles.